The van der Waals surface area contributed by atoms with Crippen molar-refractivity contribution >= 4 is 21.8 Å². The second-order valence-corrected chi connectivity index (χ2v) is 8.60. The standard InChI is InChI=1S/C21H28N2O7S/c1-14(2)23(21(24)22-16-10-17(27-3)12-18(11-16)28-4)13-15-7-8-19(29-5)20(9-15)30-31(6,25)26/h7-12,14H,13H2,1-6H3,(H,22,24). The number of urea groups is 1. The Morgan fingerprint density at radius 1 is 0.968 bits per heavy atom. The van der Waals surface area contributed by atoms with Crippen LogP contribution in [0.25, 0.3) is 0 Å². The fourth-order valence-corrected chi connectivity index (χ4v) is 3.26. The molecule has 0 aromatic heterocycles. The van der Waals surface area contributed by atoms with Gasteiger partial charge in [-0.1, -0.05) is 6.07 Å². The average molecular weight is 453 g/mol. The molecule has 1 N–H and O–H groups in total. The topological polar surface area (TPSA) is 103 Å². The predicted molar refractivity (Wildman–Crippen MR) is 118 cm³/mol. The number of amides is 2. The van der Waals surface area contributed by atoms with E-state index < -0.39 is 10.1 Å². The Hall–Kier alpha value is -3.14. The molecule has 31 heavy (non-hydrogen) atoms. The van der Waals surface area contributed by atoms with Crippen LogP contribution in [0.1, 0.15) is 19.4 Å². The van der Waals surface area contributed by atoms with Crippen LogP contribution in [0.3, 0.4) is 0 Å². The van der Waals surface area contributed by atoms with Crippen LogP contribution in [0.4, 0.5) is 10.5 Å². The van der Waals surface area contributed by atoms with Crippen molar-refractivity contribution in [3.05, 3.63) is 42.0 Å². The minimum atomic E-state index is -3.74. The van der Waals surface area contributed by atoms with Gasteiger partial charge in [-0.3, -0.25) is 0 Å². The van der Waals surface area contributed by atoms with Crippen LogP contribution >= 0.6 is 0 Å². The molecule has 0 saturated carbocycles. The lowest BCUT2D eigenvalue weighted by molar-refractivity contribution is 0.193. The Balaban J connectivity index is 2.27. The summed E-state index contributed by atoms with van der Waals surface area (Å²) in [6, 6.07) is 9.47. The van der Waals surface area contributed by atoms with Crippen molar-refractivity contribution in [2.24, 2.45) is 0 Å². The maximum absolute atomic E-state index is 13.0. The number of carbonyl (C=O) groups excluding carboxylic acids is 1. The summed E-state index contributed by atoms with van der Waals surface area (Å²) in [5.41, 5.74) is 1.19. The molecule has 170 valence electrons. The maximum atomic E-state index is 13.0. The highest BCUT2D eigenvalue weighted by Crippen LogP contribution is 2.30. The number of nitrogens with one attached hydrogen (secondary N) is 1. The first-order chi connectivity index (χ1) is 14.6. The van der Waals surface area contributed by atoms with E-state index in [9.17, 15) is 13.2 Å². The third-order valence-electron chi connectivity index (χ3n) is 4.31. The van der Waals surface area contributed by atoms with Crippen LogP contribution < -0.4 is 23.7 Å². The maximum Gasteiger partial charge on any atom is 0.322 e. The Morgan fingerprint density at radius 2 is 1.58 bits per heavy atom. The monoisotopic (exact) mass is 452 g/mol. The van der Waals surface area contributed by atoms with Crippen molar-refractivity contribution in [2.45, 2.75) is 26.4 Å². The summed E-state index contributed by atoms with van der Waals surface area (Å²) < 4.78 is 43.8. The van der Waals surface area contributed by atoms with Crippen LogP contribution in [0, 0.1) is 0 Å². The van der Waals surface area contributed by atoms with E-state index >= 15 is 0 Å². The van der Waals surface area contributed by atoms with E-state index in [1.807, 2.05) is 13.8 Å². The molecule has 9 nitrogen and oxygen atoms in total. The number of ether oxygens (including phenoxy) is 3. The van der Waals surface area contributed by atoms with Gasteiger partial charge in [0.25, 0.3) is 0 Å². The molecule has 2 amide bonds. The smallest absolute Gasteiger partial charge is 0.322 e. The van der Waals surface area contributed by atoms with Crippen molar-refractivity contribution < 1.29 is 31.6 Å². The molecule has 0 saturated heterocycles. The van der Waals surface area contributed by atoms with E-state index in [1.54, 1.807) is 35.2 Å². The molecule has 2 aromatic rings. The lowest BCUT2D eigenvalue weighted by atomic mass is 10.1. The van der Waals surface area contributed by atoms with Crippen LogP contribution in [0.15, 0.2) is 36.4 Å². The number of benzene rings is 2. The second-order valence-electron chi connectivity index (χ2n) is 7.03. The van der Waals surface area contributed by atoms with Gasteiger partial charge in [-0.15, -0.1) is 0 Å². The van der Waals surface area contributed by atoms with Gasteiger partial charge >= 0.3 is 16.1 Å². The van der Waals surface area contributed by atoms with E-state index in [0.717, 1.165) is 6.26 Å². The summed E-state index contributed by atoms with van der Waals surface area (Å²) in [6.07, 6.45) is 0.954. The van der Waals surface area contributed by atoms with E-state index in [-0.39, 0.29) is 30.1 Å². The number of methoxy groups -OCH3 is 3. The molecule has 10 heteroatoms. The molecule has 0 fully saturated rings. The van der Waals surface area contributed by atoms with Gasteiger partial charge in [-0.25, -0.2) is 4.79 Å². The van der Waals surface area contributed by atoms with Gasteiger partial charge in [-0.2, -0.15) is 8.42 Å². The van der Waals surface area contributed by atoms with Gasteiger partial charge in [0.15, 0.2) is 11.5 Å². The SMILES string of the molecule is COc1cc(NC(=O)N(Cc2ccc(OC)c(OS(C)(=O)=O)c2)C(C)C)cc(OC)c1. The normalized spacial score (nSPS) is 11.1. The number of hydrogen-bond donors (Lipinski definition) is 1. The molecule has 0 aliphatic carbocycles. The predicted octanol–water partition coefficient (Wildman–Crippen LogP) is 3.49. The zero-order chi connectivity index (χ0) is 23.2. The molecular weight excluding hydrogens is 424 g/mol. The molecule has 0 spiro atoms. The number of hydrogen-bond acceptors (Lipinski definition) is 7. The second kappa shape index (κ2) is 10.3. The van der Waals surface area contributed by atoms with E-state index in [0.29, 0.717) is 22.7 Å². The number of nitrogens with zero attached hydrogens (tertiary/aromatic N) is 1. The first-order valence-electron chi connectivity index (χ1n) is 9.43. The Labute approximate surface area is 183 Å². The van der Waals surface area contributed by atoms with Crippen LogP contribution in [0.2, 0.25) is 0 Å². The molecule has 0 unspecified atom stereocenters. The Kier molecular flexibility index (Phi) is 7.98. The summed E-state index contributed by atoms with van der Waals surface area (Å²) >= 11 is 0. The van der Waals surface area contributed by atoms with Gasteiger partial charge in [0.05, 0.1) is 27.6 Å². The van der Waals surface area contributed by atoms with Gasteiger partial charge < -0.3 is 28.6 Å². The fraction of sp³-hybridized carbons (Fsp3) is 0.381. The first kappa shape index (κ1) is 24.1. The molecule has 0 bridgehead atoms. The number of rotatable bonds is 9. The summed E-state index contributed by atoms with van der Waals surface area (Å²) in [4.78, 5) is 14.6. The number of carbonyl (C=O) groups is 1. The lowest BCUT2D eigenvalue weighted by Gasteiger charge is -2.27. The Bertz CT molecular complexity index is 1000. The van der Waals surface area contributed by atoms with Crippen molar-refractivity contribution in [3.8, 4) is 23.0 Å². The summed E-state index contributed by atoms with van der Waals surface area (Å²) in [5.74, 6) is 1.43. The first-order valence-corrected chi connectivity index (χ1v) is 11.2. The van der Waals surface area contributed by atoms with E-state index in [4.69, 9.17) is 18.4 Å². The third kappa shape index (κ3) is 6.95. The van der Waals surface area contributed by atoms with E-state index in [2.05, 4.69) is 5.32 Å². The molecule has 0 aliphatic rings. The highest BCUT2D eigenvalue weighted by atomic mass is 32.2. The Morgan fingerprint density at radius 3 is 2.06 bits per heavy atom. The van der Waals surface area contributed by atoms with Crippen molar-refractivity contribution in [1.29, 1.82) is 0 Å². The number of anilines is 1. The molecule has 0 atom stereocenters. The highest BCUT2D eigenvalue weighted by Gasteiger charge is 2.20. The zero-order valence-corrected chi connectivity index (χ0v) is 19.3. The largest absolute Gasteiger partial charge is 0.497 e. The molecular formula is C21H28N2O7S. The van der Waals surface area contributed by atoms with Crippen LogP contribution in [-0.2, 0) is 16.7 Å². The molecule has 0 radical (unpaired) electrons. The average Bonchev–Trinajstić information content (AvgIpc) is 2.70. The summed E-state index contributed by atoms with van der Waals surface area (Å²) in [6.45, 7) is 3.97. The van der Waals surface area contributed by atoms with Crippen LogP contribution in [0.5, 0.6) is 23.0 Å². The summed E-state index contributed by atoms with van der Waals surface area (Å²) in [7, 11) is 0.736. The highest BCUT2D eigenvalue weighted by molar-refractivity contribution is 7.86. The summed E-state index contributed by atoms with van der Waals surface area (Å²) in [5, 5.41) is 2.84. The quantitative estimate of drug-likeness (QED) is 0.581. The van der Waals surface area contributed by atoms with Gasteiger partial charge in [-0.05, 0) is 31.5 Å². The van der Waals surface area contributed by atoms with Gasteiger partial charge in [0, 0.05) is 36.5 Å². The minimum Gasteiger partial charge on any atom is -0.497 e. The van der Waals surface area contributed by atoms with Crippen molar-refractivity contribution in [1.82, 2.24) is 4.90 Å². The van der Waals surface area contributed by atoms with Crippen LogP contribution in [-0.4, -0.2) is 53.0 Å². The van der Waals surface area contributed by atoms with Gasteiger partial charge in [0.2, 0.25) is 0 Å². The molecule has 0 aliphatic heterocycles. The fourth-order valence-electron chi connectivity index (χ4n) is 2.81. The molecule has 2 rings (SSSR count). The molecule has 0 heterocycles. The van der Waals surface area contributed by atoms with Crippen molar-refractivity contribution in [3.63, 3.8) is 0 Å². The third-order valence-corrected chi connectivity index (χ3v) is 4.79. The zero-order valence-electron chi connectivity index (χ0n) is 18.5. The van der Waals surface area contributed by atoms with E-state index in [1.165, 1.54) is 27.4 Å². The van der Waals surface area contributed by atoms with Crippen molar-refractivity contribution in [2.75, 3.05) is 32.9 Å². The van der Waals surface area contributed by atoms with Gasteiger partial charge in [0.1, 0.15) is 11.5 Å². The minimum absolute atomic E-state index is 0.0594. The lowest BCUT2D eigenvalue weighted by Crippen LogP contribution is -2.39. The molecule has 2 aromatic carbocycles.